The lowest BCUT2D eigenvalue weighted by atomic mass is 10.0. The van der Waals surface area contributed by atoms with Crippen LogP contribution >= 0.6 is 0 Å². The number of carbonyl (C=O) groups is 4. The number of nitrogens with one attached hydrogen (secondary N) is 2. The standard InChI is InChI=1S/C53H94N2O7/c1-3-5-7-9-11-13-15-16-17-18-19-20-21-22-23-24-25-26-28-30-32-37-41-45-52(59)62-48(42-38-34-31-29-27-14-12-10-8-6-4-2)43-39-35-33-36-40-44-50(57)54-46-51(58)55-49(47-56)53(60)61/h12,14,18-19,29,31,38,42,48-49,56H,3-11,13,15-17,20-28,30,32-37,39-41,43-47H2,1-2H3,(H,54,57)(H,55,58)(H,60,61)/b14-12-,19-18-,31-29-,42-38-. The number of allylic oxidation sites excluding steroid dienone is 7. The normalized spacial score (nSPS) is 12.8. The van der Waals surface area contributed by atoms with E-state index in [1.807, 2.05) is 6.08 Å². The molecule has 0 aromatic heterocycles. The number of carboxylic acids is 1. The Kier molecular flexibility index (Phi) is 44.8. The van der Waals surface area contributed by atoms with E-state index in [2.05, 4.69) is 67.0 Å². The average Bonchev–Trinajstić information content (AvgIpc) is 3.26. The summed E-state index contributed by atoms with van der Waals surface area (Å²) < 4.78 is 5.94. The summed E-state index contributed by atoms with van der Waals surface area (Å²) in [5, 5.41) is 22.6. The Labute approximate surface area is 379 Å². The molecule has 0 aliphatic heterocycles. The Morgan fingerprint density at radius 2 is 0.919 bits per heavy atom. The molecule has 0 aliphatic rings. The summed E-state index contributed by atoms with van der Waals surface area (Å²) in [6.07, 6.45) is 57.5. The Hall–Kier alpha value is -3.20. The second-order valence-corrected chi connectivity index (χ2v) is 17.3. The van der Waals surface area contributed by atoms with Gasteiger partial charge in [0.15, 0.2) is 0 Å². The highest BCUT2D eigenvalue weighted by Crippen LogP contribution is 2.16. The van der Waals surface area contributed by atoms with Crippen LogP contribution in [0.3, 0.4) is 0 Å². The van der Waals surface area contributed by atoms with Crippen LogP contribution in [0.5, 0.6) is 0 Å². The molecule has 0 aliphatic carbocycles. The molecule has 9 heteroatoms. The molecule has 4 N–H and O–H groups in total. The number of hydrogen-bond donors (Lipinski definition) is 4. The molecule has 0 saturated carbocycles. The lowest BCUT2D eigenvalue weighted by Crippen LogP contribution is -2.47. The summed E-state index contributed by atoms with van der Waals surface area (Å²) in [5.41, 5.74) is 0. The molecule has 2 unspecified atom stereocenters. The van der Waals surface area contributed by atoms with Crippen LogP contribution in [0.25, 0.3) is 0 Å². The molecule has 2 atom stereocenters. The molecule has 358 valence electrons. The maximum absolute atomic E-state index is 12.8. The lowest BCUT2D eigenvalue weighted by Gasteiger charge is -2.15. The van der Waals surface area contributed by atoms with Crippen molar-refractivity contribution in [3.63, 3.8) is 0 Å². The zero-order chi connectivity index (χ0) is 45.4. The molecule has 0 spiro atoms. The van der Waals surface area contributed by atoms with Gasteiger partial charge in [-0.2, -0.15) is 0 Å². The van der Waals surface area contributed by atoms with Gasteiger partial charge < -0.3 is 25.6 Å². The molecule has 0 saturated heterocycles. The molecule has 62 heavy (non-hydrogen) atoms. The van der Waals surface area contributed by atoms with Crippen LogP contribution in [0.4, 0.5) is 0 Å². The number of aliphatic hydroxyl groups excluding tert-OH is 1. The summed E-state index contributed by atoms with van der Waals surface area (Å²) in [5.74, 6) is -2.39. The molecule has 0 heterocycles. The van der Waals surface area contributed by atoms with Gasteiger partial charge >= 0.3 is 11.9 Å². The molecule has 0 fully saturated rings. The number of unbranched alkanes of at least 4 members (excludes halogenated alkanes) is 26. The Morgan fingerprint density at radius 3 is 1.45 bits per heavy atom. The quantitative estimate of drug-likeness (QED) is 0.0271. The minimum absolute atomic E-state index is 0.114. The van der Waals surface area contributed by atoms with Gasteiger partial charge in [0.05, 0.1) is 13.2 Å². The van der Waals surface area contributed by atoms with Gasteiger partial charge in [-0.05, 0) is 83.1 Å². The minimum atomic E-state index is -1.39. The van der Waals surface area contributed by atoms with E-state index in [9.17, 15) is 19.2 Å². The van der Waals surface area contributed by atoms with E-state index in [0.717, 1.165) is 64.2 Å². The Balaban J connectivity index is 4.23. The number of esters is 1. The largest absolute Gasteiger partial charge is 0.480 e. The zero-order valence-corrected chi connectivity index (χ0v) is 39.9. The van der Waals surface area contributed by atoms with Crippen molar-refractivity contribution in [2.45, 2.75) is 251 Å². The first-order valence-corrected chi connectivity index (χ1v) is 25.5. The molecule has 2 amide bonds. The van der Waals surface area contributed by atoms with E-state index in [-0.39, 0.29) is 30.9 Å². The molecule has 0 radical (unpaired) electrons. The van der Waals surface area contributed by atoms with Crippen molar-refractivity contribution in [1.29, 1.82) is 0 Å². The molecular formula is C53H94N2O7. The summed E-state index contributed by atoms with van der Waals surface area (Å²) >= 11 is 0. The zero-order valence-electron chi connectivity index (χ0n) is 39.9. The fourth-order valence-corrected chi connectivity index (χ4v) is 7.34. The van der Waals surface area contributed by atoms with E-state index in [1.54, 1.807) is 0 Å². The number of aliphatic hydroxyl groups is 1. The highest BCUT2D eigenvalue weighted by molar-refractivity contribution is 5.87. The van der Waals surface area contributed by atoms with Crippen LogP contribution < -0.4 is 10.6 Å². The predicted octanol–water partition coefficient (Wildman–Crippen LogP) is 13.5. The van der Waals surface area contributed by atoms with Gasteiger partial charge in [-0.25, -0.2) is 4.79 Å². The molecule has 0 rings (SSSR count). The molecule has 0 aromatic carbocycles. The topological polar surface area (TPSA) is 142 Å². The molecule has 0 bridgehead atoms. The van der Waals surface area contributed by atoms with Crippen molar-refractivity contribution in [2.24, 2.45) is 0 Å². The van der Waals surface area contributed by atoms with Gasteiger partial charge in [0.2, 0.25) is 11.8 Å². The van der Waals surface area contributed by atoms with Gasteiger partial charge in [0.1, 0.15) is 12.1 Å². The van der Waals surface area contributed by atoms with Crippen molar-refractivity contribution in [1.82, 2.24) is 10.6 Å². The maximum Gasteiger partial charge on any atom is 0.328 e. The van der Waals surface area contributed by atoms with Crippen LogP contribution in [0.2, 0.25) is 0 Å². The molecule has 0 aromatic rings. The predicted molar refractivity (Wildman–Crippen MR) is 259 cm³/mol. The SMILES string of the molecule is CCCCC/C=C\C/C=C\C/C=C\C(CCCCCCCC(=O)NCC(=O)NC(CO)C(=O)O)OC(=O)CCCCCCCCCCCCC/C=C\CCCCCCCCCC. The monoisotopic (exact) mass is 871 g/mol. The number of carboxylic acid groups (broad SMARTS) is 1. The van der Waals surface area contributed by atoms with E-state index in [0.29, 0.717) is 12.8 Å². The van der Waals surface area contributed by atoms with E-state index < -0.39 is 24.5 Å². The molecular weight excluding hydrogens is 777 g/mol. The summed E-state index contributed by atoms with van der Waals surface area (Å²) in [6, 6.07) is -1.39. The first kappa shape index (κ1) is 58.8. The number of carbonyl (C=O) groups excluding carboxylic acids is 3. The highest BCUT2D eigenvalue weighted by atomic mass is 16.5. The second-order valence-electron chi connectivity index (χ2n) is 17.3. The number of amides is 2. The number of ether oxygens (including phenoxy) is 1. The first-order chi connectivity index (χ1) is 30.3. The van der Waals surface area contributed by atoms with Crippen molar-refractivity contribution >= 4 is 23.8 Å². The van der Waals surface area contributed by atoms with E-state index in [1.165, 1.54) is 141 Å². The van der Waals surface area contributed by atoms with Crippen LogP contribution in [0, 0.1) is 0 Å². The first-order valence-electron chi connectivity index (χ1n) is 25.5. The van der Waals surface area contributed by atoms with Gasteiger partial charge in [-0.15, -0.1) is 0 Å². The van der Waals surface area contributed by atoms with Gasteiger partial charge in [-0.3, -0.25) is 14.4 Å². The number of hydrogen-bond acceptors (Lipinski definition) is 6. The van der Waals surface area contributed by atoms with Crippen LogP contribution in [-0.2, 0) is 23.9 Å². The number of rotatable bonds is 46. The third kappa shape index (κ3) is 43.4. The second kappa shape index (κ2) is 47.3. The summed E-state index contributed by atoms with van der Waals surface area (Å²) in [7, 11) is 0. The number of aliphatic carboxylic acids is 1. The minimum Gasteiger partial charge on any atom is -0.480 e. The highest BCUT2D eigenvalue weighted by Gasteiger charge is 2.18. The van der Waals surface area contributed by atoms with Crippen LogP contribution in [0.1, 0.15) is 239 Å². The summed E-state index contributed by atoms with van der Waals surface area (Å²) in [4.78, 5) is 47.7. The average molecular weight is 871 g/mol. The Bertz CT molecular complexity index is 1180. The smallest absolute Gasteiger partial charge is 0.328 e. The van der Waals surface area contributed by atoms with E-state index in [4.69, 9.17) is 14.9 Å². The van der Waals surface area contributed by atoms with E-state index >= 15 is 0 Å². The Morgan fingerprint density at radius 1 is 0.500 bits per heavy atom. The fraction of sp³-hybridized carbons (Fsp3) is 0.774. The van der Waals surface area contributed by atoms with Crippen molar-refractivity contribution in [3.8, 4) is 0 Å². The third-order valence-electron chi connectivity index (χ3n) is 11.3. The van der Waals surface area contributed by atoms with Crippen molar-refractivity contribution in [2.75, 3.05) is 13.2 Å². The van der Waals surface area contributed by atoms with Crippen LogP contribution in [0.15, 0.2) is 48.6 Å². The van der Waals surface area contributed by atoms with Gasteiger partial charge in [0, 0.05) is 12.8 Å². The third-order valence-corrected chi connectivity index (χ3v) is 11.3. The maximum atomic E-state index is 12.8. The van der Waals surface area contributed by atoms with Crippen molar-refractivity contribution in [3.05, 3.63) is 48.6 Å². The lowest BCUT2D eigenvalue weighted by molar-refractivity contribution is -0.147. The summed E-state index contributed by atoms with van der Waals surface area (Å²) in [6.45, 7) is 3.45. The van der Waals surface area contributed by atoms with Crippen molar-refractivity contribution < 1.29 is 34.1 Å². The molecule has 9 nitrogen and oxygen atoms in total. The van der Waals surface area contributed by atoms with Gasteiger partial charge in [-0.1, -0.05) is 191 Å². The van der Waals surface area contributed by atoms with Crippen LogP contribution in [-0.4, -0.2) is 59.3 Å². The fourth-order valence-electron chi connectivity index (χ4n) is 7.34. The van der Waals surface area contributed by atoms with Gasteiger partial charge in [0.25, 0.3) is 0 Å².